The molecule has 3 N–H and O–H groups in total. The van der Waals surface area contributed by atoms with E-state index in [0.717, 1.165) is 11.1 Å². The zero-order valence-electron chi connectivity index (χ0n) is 10.5. The van der Waals surface area contributed by atoms with Gasteiger partial charge in [-0.2, -0.15) is 0 Å². The molecule has 2 rings (SSSR count). The normalized spacial score (nSPS) is 14.2. The average molecular weight is 280 g/mol. The van der Waals surface area contributed by atoms with Crippen LogP contribution in [0.15, 0.2) is 42.5 Å². The Labute approximate surface area is 116 Å². The smallest absolute Gasteiger partial charge is 0.123 e. The van der Waals surface area contributed by atoms with Gasteiger partial charge in [-0.05, 0) is 47.9 Å². The van der Waals surface area contributed by atoms with Crippen molar-refractivity contribution in [3.8, 4) is 0 Å². The van der Waals surface area contributed by atoms with Crippen molar-refractivity contribution >= 4 is 11.6 Å². The van der Waals surface area contributed by atoms with E-state index in [-0.39, 0.29) is 5.82 Å². The van der Waals surface area contributed by atoms with E-state index in [4.69, 9.17) is 17.3 Å². The van der Waals surface area contributed by atoms with Crippen LogP contribution in [0.25, 0.3) is 0 Å². The van der Waals surface area contributed by atoms with Gasteiger partial charge in [0, 0.05) is 5.02 Å². The lowest BCUT2D eigenvalue weighted by Gasteiger charge is -2.20. The van der Waals surface area contributed by atoms with Crippen LogP contribution in [0.1, 0.15) is 28.8 Å². The summed E-state index contributed by atoms with van der Waals surface area (Å²) in [4.78, 5) is 0. The number of nitrogens with two attached hydrogens (primary N) is 1. The van der Waals surface area contributed by atoms with Gasteiger partial charge in [0.05, 0.1) is 12.1 Å². The van der Waals surface area contributed by atoms with Crippen LogP contribution in [0.3, 0.4) is 0 Å². The van der Waals surface area contributed by atoms with Gasteiger partial charge in [0.2, 0.25) is 0 Å². The second kappa shape index (κ2) is 5.70. The minimum absolute atomic E-state index is 0.377. The lowest BCUT2D eigenvalue weighted by molar-refractivity contribution is 0.146. The second-order valence-corrected chi connectivity index (χ2v) is 5.02. The van der Waals surface area contributed by atoms with Crippen molar-refractivity contribution in [1.82, 2.24) is 0 Å². The Hall–Kier alpha value is -1.42. The molecule has 0 aromatic heterocycles. The Kier molecular flexibility index (Phi) is 4.20. The van der Waals surface area contributed by atoms with Crippen molar-refractivity contribution in [2.45, 2.75) is 19.1 Å². The van der Waals surface area contributed by atoms with Gasteiger partial charge in [0.25, 0.3) is 0 Å². The van der Waals surface area contributed by atoms with Gasteiger partial charge in [-0.1, -0.05) is 29.8 Å². The van der Waals surface area contributed by atoms with Gasteiger partial charge in [-0.25, -0.2) is 4.39 Å². The molecule has 0 bridgehead atoms. The third-order valence-electron chi connectivity index (χ3n) is 3.00. The Morgan fingerprint density at radius 2 is 1.74 bits per heavy atom. The molecule has 1 unspecified atom stereocenters. The number of aliphatic hydroxyl groups excluding tert-OH is 1. The Morgan fingerprint density at radius 1 is 1.11 bits per heavy atom. The van der Waals surface area contributed by atoms with Crippen molar-refractivity contribution in [2.24, 2.45) is 5.73 Å². The van der Waals surface area contributed by atoms with Gasteiger partial charge in [0.15, 0.2) is 0 Å². The van der Waals surface area contributed by atoms with Gasteiger partial charge in [-0.15, -0.1) is 0 Å². The first-order valence-corrected chi connectivity index (χ1v) is 6.31. The van der Waals surface area contributed by atoms with Crippen LogP contribution in [0.4, 0.5) is 4.39 Å². The second-order valence-electron chi connectivity index (χ2n) is 4.58. The Morgan fingerprint density at radius 3 is 2.32 bits per heavy atom. The molecule has 0 spiro atoms. The molecule has 0 fully saturated rings. The summed E-state index contributed by atoms with van der Waals surface area (Å²) >= 11 is 5.80. The van der Waals surface area contributed by atoms with Gasteiger partial charge in [0.1, 0.15) is 5.82 Å². The van der Waals surface area contributed by atoms with E-state index < -0.39 is 12.1 Å². The standard InChI is InChI=1S/C15H15ClFNO/c1-9-6-11(8-13(17)7-9)15(19)14(18)10-2-4-12(16)5-3-10/h2-8,14-15,19H,18H2,1H3/t14-,15?/m1/s1. The highest BCUT2D eigenvalue weighted by molar-refractivity contribution is 6.30. The maximum atomic E-state index is 13.3. The third kappa shape index (κ3) is 3.32. The topological polar surface area (TPSA) is 46.2 Å². The predicted molar refractivity (Wildman–Crippen MR) is 74.5 cm³/mol. The molecule has 0 radical (unpaired) electrons. The molecule has 2 aromatic rings. The van der Waals surface area contributed by atoms with Crippen molar-refractivity contribution in [2.75, 3.05) is 0 Å². The molecule has 0 aliphatic carbocycles. The number of aryl methyl sites for hydroxylation is 1. The quantitative estimate of drug-likeness (QED) is 0.903. The van der Waals surface area contributed by atoms with Crippen LogP contribution in [0.2, 0.25) is 5.02 Å². The fraction of sp³-hybridized carbons (Fsp3) is 0.200. The van der Waals surface area contributed by atoms with Crippen LogP contribution < -0.4 is 5.73 Å². The summed E-state index contributed by atoms with van der Waals surface area (Å²) in [6, 6.07) is 10.7. The Bertz CT molecular complexity index is 551. The van der Waals surface area contributed by atoms with Gasteiger partial charge < -0.3 is 10.8 Å². The van der Waals surface area contributed by atoms with Crippen LogP contribution >= 0.6 is 11.6 Å². The molecule has 0 saturated carbocycles. The summed E-state index contributed by atoms with van der Waals surface area (Å²) in [6.45, 7) is 1.77. The minimum atomic E-state index is -0.962. The molecule has 0 heterocycles. The highest BCUT2D eigenvalue weighted by Gasteiger charge is 2.19. The first kappa shape index (κ1) is 14.0. The van der Waals surface area contributed by atoms with E-state index in [0.29, 0.717) is 10.6 Å². The van der Waals surface area contributed by atoms with E-state index >= 15 is 0 Å². The summed E-state index contributed by atoms with van der Waals surface area (Å²) in [7, 11) is 0. The van der Waals surface area contributed by atoms with Crippen LogP contribution in [-0.2, 0) is 0 Å². The largest absolute Gasteiger partial charge is 0.386 e. The first-order valence-electron chi connectivity index (χ1n) is 5.93. The Balaban J connectivity index is 2.27. The highest BCUT2D eigenvalue weighted by atomic mass is 35.5. The molecule has 0 saturated heterocycles. The van der Waals surface area contributed by atoms with Crippen LogP contribution in [-0.4, -0.2) is 5.11 Å². The van der Waals surface area contributed by atoms with Crippen LogP contribution in [0, 0.1) is 12.7 Å². The molecule has 4 heteroatoms. The van der Waals surface area contributed by atoms with Crippen molar-refractivity contribution in [3.05, 3.63) is 70.0 Å². The summed E-state index contributed by atoms with van der Waals surface area (Å²) in [6.07, 6.45) is -0.962. The fourth-order valence-corrected chi connectivity index (χ4v) is 2.14. The van der Waals surface area contributed by atoms with Crippen LogP contribution in [0.5, 0.6) is 0 Å². The predicted octanol–water partition coefficient (Wildman–Crippen LogP) is 3.52. The lowest BCUT2D eigenvalue weighted by Crippen LogP contribution is -2.19. The van der Waals surface area contributed by atoms with E-state index in [1.54, 1.807) is 37.3 Å². The number of hydrogen-bond acceptors (Lipinski definition) is 2. The molecule has 0 aliphatic heterocycles. The van der Waals surface area contributed by atoms with Gasteiger partial charge >= 0.3 is 0 Å². The first-order chi connectivity index (χ1) is 8.97. The maximum Gasteiger partial charge on any atom is 0.123 e. The summed E-state index contributed by atoms with van der Waals surface area (Å²) in [5.41, 5.74) is 7.97. The molecular weight excluding hydrogens is 265 g/mol. The van der Waals surface area contributed by atoms with Crippen molar-refractivity contribution < 1.29 is 9.50 Å². The highest BCUT2D eigenvalue weighted by Crippen LogP contribution is 2.28. The zero-order valence-corrected chi connectivity index (χ0v) is 11.2. The summed E-state index contributed by atoms with van der Waals surface area (Å²) < 4.78 is 13.3. The molecule has 2 aromatic carbocycles. The summed E-state index contributed by atoms with van der Waals surface area (Å²) in [5.74, 6) is -0.377. The molecule has 2 nitrogen and oxygen atoms in total. The zero-order chi connectivity index (χ0) is 14.0. The van der Waals surface area contributed by atoms with E-state index in [1.807, 2.05) is 0 Å². The molecule has 0 aliphatic rings. The van der Waals surface area contributed by atoms with Crippen molar-refractivity contribution in [1.29, 1.82) is 0 Å². The van der Waals surface area contributed by atoms with Crippen molar-refractivity contribution in [3.63, 3.8) is 0 Å². The molecule has 19 heavy (non-hydrogen) atoms. The number of halogens is 2. The van der Waals surface area contributed by atoms with E-state index in [9.17, 15) is 9.50 Å². The summed E-state index contributed by atoms with van der Waals surface area (Å²) in [5, 5.41) is 10.8. The minimum Gasteiger partial charge on any atom is -0.386 e. The lowest BCUT2D eigenvalue weighted by atomic mass is 9.95. The molecule has 0 amide bonds. The monoisotopic (exact) mass is 279 g/mol. The third-order valence-corrected chi connectivity index (χ3v) is 3.25. The SMILES string of the molecule is Cc1cc(F)cc(C(O)[C@H](N)c2ccc(Cl)cc2)c1. The van der Waals surface area contributed by atoms with E-state index in [2.05, 4.69) is 0 Å². The number of rotatable bonds is 3. The fourth-order valence-electron chi connectivity index (χ4n) is 2.01. The average Bonchev–Trinajstić information content (AvgIpc) is 2.37. The van der Waals surface area contributed by atoms with Gasteiger partial charge in [-0.3, -0.25) is 0 Å². The molecule has 100 valence electrons. The number of benzene rings is 2. The number of aliphatic hydroxyl groups is 1. The number of hydrogen-bond donors (Lipinski definition) is 2. The van der Waals surface area contributed by atoms with E-state index in [1.165, 1.54) is 12.1 Å². The molecular formula is C15H15ClFNO. The molecule has 2 atom stereocenters. The maximum absolute atomic E-state index is 13.3.